The van der Waals surface area contributed by atoms with Crippen LogP contribution in [0.15, 0.2) is 37.3 Å². The van der Waals surface area contributed by atoms with Crippen molar-refractivity contribution in [3.8, 4) is 5.69 Å². The minimum Gasteiger partial charge on any atom is -0.460 e. The van der Waals surface area contributed by atoms with Crippen LogP contribution < -0.4 is 0 Å². The Balaban J connectivity index is 2.33. The van der Waals surface area contributed by atoms with E-state index in [1.807, 2.05) is 40.8 Å². The lowest BCUT2D eigenvalue weighted by Crippen LogP contribution is -2.31. The minimum atomic E-state index is -0.553. The van der Waals surface area contributed by atoms with Crippen molar-refractivity contribution in [3.05, 3.63) is 54.4 Å². The molecule has 2 aromatic rings. The summed E-state index contributed by atoms with van der Waals surface area (Å²) in [5.74, 6) is -1.18. The van der Waals surface area contributed by atoms with Gasteiger partial charge in [0.15, 0.2) is 0 Å². The standard InChI is InChI=1S/C20H26FN3O2/c1-7-8-17(19(25)26-20(4,5)6)13(2)18-12-24(23-14(18)3)16-9-15(21)10-22-11-16/h7,9-13,17H,1,8H2,2-6H3. The minimum absolute atomic E-state index is 0.127. The highest BCUT2D eigenvalue weighted by Crippen LogP contribution is 2.32. The van der Waals surface area contributed by atoms with E-state index in [-0.39, 0.29) is 17.8 Å². The van der Waals surface area contributed by atoms with Crippen LogP contribution in [0.5, 0.6) is 0 Å². The van der Waals surface area contributed by atoms with Gasteiger partial charge in [-0.25, -0.2) is 9.07 Å². The van der Waals surface area contributed by atoms with Crippen LogP contribution in [-0.4, -0.2) is 26.3 Å². The van der Waals surface area contributed by atoms with Gasteiger partial charge in [-0.15, -0.1) is 6.58 Å². The molecule has 0 fully saturated rings. The van der Waals surface area contributed by atoms with Crippen molar-refractivity contribution in [2.24, 2.45) is 5.92 Å². The first kappa shape index (κ1) is 19.8. The molecule has 0 saturated heterocycles. The highest BCUT2D eigenvalue weighted by atomic mass is 19.1. The van der Waals surface area contributed by atoms with Gasteiger partial charge in [0.25, 0.3) is 0 Å². The van der Waals surface area contributed by atoms with Crippen molar-refractivity contribution in [1.82, 2.24) is 14.8 Å². The fourth-order valence-electron chi connectivity index (χ4n) is 2.86. The normalized spacial score (nSPS) is 13.9. The first-order valence-electron chi connectivity index (χ1n) is 8.63. The SMILES string of the molecule is C=CCC(C(=O)OC(C)(C)C)C(C)c1cn(-c2cncc(F)c2)nc1C. The van der Waals surface area contributed by atoms with Gasteiger partial charge in [0.05, 0.1) is 29.7 Å². The zero-order valence-electron chi connectivity index (χ0n) is 16.0. The van der Waals surface area contributed by atoms with Crippen LogP contribution in [0.25, 0.3) is 5.69 Å². The van der Waals surface area contributed by atoms with Crippen LogP contribution in [0.3, 0.4) is 0 Å². The number of pyridine rings is 1. The lowest BCUT2D eigenvalue weighted by atomic mass is 9.85. The quantitative estimate of drug-likeness (QED) is 0.568. The zero-order valence-corrected chi connectivity index (χ0v) is 16.0. The number of allylic oxidation sites excluding steroid dienone is 1. The van der Waals surface area contributed by atoms with Crippen molar-refractivity contribution in [1.29, 1.82) is 0 Å². The number of ether oxygens (including phenoxy) is 1. The molecule has 26 heavy (non-hydrogen) atoms. The highest BCUT2D eigenvalue weighted by Gasteiger charge is 2.31. The Kier molecular flexibility index (Phi) is 5.95. The van der Waals surface area contributed by atoms with Gasteiger partial charge in [-0.1, -0.05) is 13.0 Å². The number of aryl methyl sites for hydroxylation is 1. The molecule has 0 amide bonds. The Morgan fingerprint density at radius 2 is 2.12 bits per heavy atom. The average Bonchev–Trinajstić information content (AvgIpc) is 2.92. The second-order valence-corrected chi connectivity index (χ2v) is 7.43. The van der Waals surface area contributed by atoms with Crippen molar-refractivity contribution in [2.75, 3.05) is 0 Å². The number of esters is 1. The molecule has 2 rings (SSSR count). The first-order chi connectivity index (χ1) is 12.1. The second kappa shape index (κ2) is 7.81. The number of nitrogens with zero attached hydrogens (tertiary/aromatic N) is 3. The zero-order chi connectivity index (χ0) is 19.5. The van der Waals surface area contributed by atoms with E-state index in [0.29, 0.717) is 12.1 Å². The molecule has 6 heteroatoms. The number of carbonyl (C=O) groups is 1. The lowest BCUT2D eigenvalue weighted by Gasteiger charge is -2.26. The topological polar surface area (TPSA) is 57.0 Å². The van der Waals surface area contributed by atoms with Gasteiger partial charge in [0.1, 0.15) is 11.4 Å². The van der Waals surface area contributed by atoms with E-state index in [1.165, 1.54) is 6.07 Å². The summed E-state index contributed by atoms with van der Waals surface area (Å²) in [6.07, 6.45) is 6.73. The van der Waals surface area contributed by atoms with Crippen LogP contribution >= 0.6 is 0 Å². The third-order valence-corrected chi connectivity index (χ3v) is 4.12. The first-order valence-corrected chi connectivity index (χ1v) is 8.63. The summed E-state index contributed by atoms with van der Waals surface area (Å²) in [7, 11) is 0. The Morgan fingerprint density at radius 3 is 2.69 bits per heavy atom. The predicted octanol–water partition coefficient (Wildman–Crippen LogP) is 4.35. The van der Waals surface area contributed by atoms with E-state index in [9.17, 15) is 9.18 Å². The lowest BCUT2D eigenvalue weighted by molar-refractivity contribution is -0.160. The number of carbonyl (C=O) groups excluding carboxylic acids is 1. The molecule has 0 aliphatic heterocycles. The Morgan fingerprint density at radius 1 is 1.42 bits per heavy atom. The molecule has 0 aliphatic rings. The smallest absolute Gasteiger partial charge is 0.310 e. The molecule has 2 aromatic heterocycles. The number of aromatic nitrogens is 3. The molecule has 0 spiro atoms. The molecule has 0 aromatic carbocycles. The monoisotopic (exact) mass is 359 g/mol. The fourth-order valence-corrected chi connectivity index (χ4v) is 2.86. The largest absolute Gasteiger partial charge is 0.460 e. The van der Waals surface area contributed by atoms with Crippen molar-refractivity contribution >= 4 is 5.97 Å². The van der Waals surface area contributed by atoms with Gasteiger partial charge in [0, 0.05) is 12.3 Å². The van der Waals surface area contributed by atoms with Crippen LogP contribution in [-0.2, 0) is 9.53 Å². The maximum Gasteiger partial charge on any atom is 0.310 e. The fraction of sp³-hybridized carbons (Fsp3) is 0.450. The maximum absolute atomic E-state index is 13.4. The molecular formula is C20H26FN3O2. The highest BCUT2D eigenvalue weighted by molar-refractivity contribution is 5.74. The summed E-state index contributed by atoms with van der Waals surface area (Å²) in [6.45, 7) is 13.1. The third-order valence-electron chi connectivity index (χ3n) is 4.12. The van der Waals surface area contributed by atoms with Crippen molar-refractivity contribution in [3.63, 3.8) is 0 Å². The number of hydrogen-bond donors (Lipinski definition) is 0. The Bertz CT molecular complexity index is 793. The molecule has 2 unspecified atom stereocenters. The molecule has 140 valence electrons. The van der Waals surface area contributed by atoms with Crippen LogP contribution in [0.4, 0.5) is 4.39 Å². The van der Waals surface area contributed by atoms with E-state index < -0.39 is 11.4 Å². The van der Waals surface area contributed by atoms with Gasteiger partial charge >= 0.3 is 5.97 Å². The summed E-state index contributed by atoms with van der Waals surface area (Å²) in [4.78, 5) is 16.5. The van der Waals surface area contributed by atoms with Gasteiger partial charge in [-0.3, -0.25) is 9.78 Å². The van der Waals surface area contributed by atoms with Crippen molar-refractivity contribution in [2.45, 2.75) is 52.6 Å². The van der Waals surface area contributed by atoms with Gasteiger partial charge in [-0.2, -0.15) is 5.10 Å². The Hall–Kier alpha value is -2.50. The number of rotatable bonds is 6. The summed E-state index contributed by atoms with van der Waals surface area (Å²) < 4.78 is 20.6. The van der Waals surface area contributed by atoms with E-state index >= 15 is 0 Å². The average molecular weight is 359 g/mol. The maximum atomic E-state index is 13.4. The molecule has 0 radical (unpaired) electrons. The summed E-state index contributed by atoms with van der Waals surface area (Å²) in [5.41, 5.74) is 1.67. The number of halogens is 1. The second-order valence-electron chi connectivity index (χ2n) is 7.43. The van der Waals surface area contributed by atoms with E-state index in [1.54, 1.807) is 17.0 Å². The molecule has 0 bridgehead atoms. The number of hydrogen-bond acceptors (Lipinski definition) is 4. The van der Waals surface area contributed by atoms with E-state index in [2.05, 4.69) is 16.7 Å². The molecule has 0 N–H and O–H groups in total. The van der Waals surface area contributed by atoms with Crippen molar-refractivity contribution < 1.29 is 13.9 Å². The molecule has 2 atom stereocenters. The van der Waals surface area contributed by atoms with Gasteiger partial charge < -0.3 is 4.74 Å². The van der Waals surface area contributed by atoms with Crippen LogP contribution in [0, 0.1) is 18.7 Å². The van der Waals surface area contributed by atoms with E-state index in [0.717, 1.165) is 17.5 Å². The van der Waals surface area contributed by atoms with Gasteiger partial charge in [0.2, 0.25) is 0 Å². The third kappa shape index (κ3) is 4.77. The molecule has 2 heterocycles. The molecule has 0 saturated carbocycles. The molecule has 5 nitrogen and oxygen atoms in total. The summed E-state index contributed by atoms with van der Waals surface area (Å²) in [5, 5.41) is 4.45. The Labute approximate surface area is 153 Å². The molecular weight excluding hydrogens is 333 g/mol. The predicted molar refractivity (Wildman–Crippen MR) is 98.6 cm³/mol. The van der Waals surface area contributed by atoms with Gasteiger partial charge in [-0.05, 0) is 45.6 Å². The van der Waals surface area contributed by atoms with Crippen LogP contribution in [0.1, 0.15) is 51.3 Å². The van der Waals surface area contributed by atoms with Crippen LogP contribution in [0.2, 0.25) is 0 Å². The summed E-state index contributed by atoms with van der Waals surface area (Å²) in [6, 6.07) is 1.36. The summed E-state index contributed by atoms with van der Waals surface area (Å²) >= 11 is 0. The molecule has 0 aliphatic carbocycles. The van der Waals surface area contributed by atoms with E-state index in [4.69, 9.17) is 4.74 Å².